The molecule has 0 N–H and O–H groups in total. The van der Waals surface area contributed by atoms with E-state index in [1.54, 1.807) is 7.11 Å². The van der Waals surface area contributed by atoms with E-state index in [1.807, 2.05) is 56.3 Å². The summed E-state index contributed by atoms with van der Waals surface area (Å²) in [4.78, 5) is 2.20. The van der Waals surface area contributed by atoms with E-state index >= 15 is 0 Å². The first-order valence-corrected chi connectivity index (χ1v) is 9.03. The van der Waals surface area contributed by atoms with Crippen molar-refractivity contribution in [1.82, 2.24) is 0 Å². The third kappa shape index (κ3) is 3.56. The summed E-state index contributed by atoms with van der Waals surface area (Å²) in [6.45, 7) is 5.45. The zero-order chi connectivity index (χ0) is 18.8. The van der Waals surface area contributed by atoms with E-state index in [-0.39, 0.29) is 0 Å². The highest BCUT2D eigenvalue weighted by Crippen LogP contribution is 2.34. The fourth-order valence-corrected chi connectivity index (χ4v) is 3.37. The second kappa shape index (κ2) is 7.23. The molecule has 4 heteroatoms. The molecule has 0 bridgehead atoms. The van der Waals surface area contributed by atoms with Crippen LogP contribution in [-0.2, 0) is 6.54 Å². The predicted molar refractivity (Wildman–Crippen MR) is 107 cm³/mol. The first-order valence-electron chi connectivity index (χ1n) is 9.03. The molecule has 0 spiro atoms. The maximum Gasteiger partial charge on any atom is 0.161 e. The highest BCUT2D eigenvalue weighted by molar-refractivity contribution is 5.53. The van der Waals surface area contributed by atoms with Gasteiger partial charge < -0.3 is 19.1 Å². The van der Waals surface area contributed by atoms with Gasteiger partial charge in [0.05, 0.1) is 7.11 Å². The third-order valence-corrected chi connectivity index (χ3v) is 4.80. The van der Waals surface area contributed by atoms with Gasteiger partial charge in [-0.15, -0.1) is 0 Å². The minimum Gasteiger partial charge on any atom is -0.497 e. The van der Waals surface area contributed by atoms with Crippen LogP contribution >= 0.6 is 0 Å². The molecule has 1 heterocycles. The van der Waals surface area contributed by atoms with Gasteiger partial charge in [0, 0.05) is 17.8 Å². The number of ether oxygens (including phenoxy) is 3. The lowest BCUT2D eigenvalue weighted by Crippen LogP contribution is -2.31. The molecule has 27 heavy (non-hydrogen) atoms. The molecule has 1 aliphatic rings. The number of aryl methyl sites for hydroxylation is 2. The molecule has 0 saturated heterocycles. The van der Waals surface area contributed by atoms with Crippen LogP contribution in [0.3, 0.4) is 0 Å². The maximum absolute atomic E-state index is 6.13. The number of rotatable bonds is 4. The summed E-state index contributed by atoms with van der Waals surface area (Å²) in [5.41, 5.74) is 4.42. The smallest absolute Gasteiger partial charge is 0.161 e. The molecule has 0 fully saturated rings. The van der Waals surface area contributed by atoms with Gasteiger partial charge in [0.1, 0.15) is 23.0 Å². The Morgan fingerprint density at radius 1 is 0.889 bits per heavy atom. The molecule has 0 amide bonds. The number of hydrogen-bond donors (Lipinski definition) is 0. The number of hydrogen-bond acceptors (Lipinski definition) is 4. The van der Waals surface area contributed by atoms with Gasteiger partial charge in [-0.05, 0) is 67.4 Å². The summed E-state index contributed by atoms with van der Waals surface area (Å²) < 4.78 is 17.3. The molecule has 0 unspecified atom stereocenters. The summed E-state index contributed by atoms with van der Waals surface area (Å²) in [6.07, 6.45) is 0. The standard InChI is InChI=1S/C23H23NO3/c1-16-12-21(25-3)13-17(2)23(16)27-20-10-8-19(9-11-20)24-14-18-6-4-5-7-22(18)26-15-24/h4-13H,14-15H2,1-3H3. The topological polar surface area (TPSA) is 30.9 Å². The summed E-state index contributed by atoms with van der Waals surface area (Å²) in [6, 6.07) is 20.3. The van der Waals surface area contributed by atoms with Gasteiger partial charge in [-0.1, -0.05) is 18.2 Å². The number of para-hydroxylation sites is 1. The fraction of sp³-hybridized carbons (Fsp3) is 0.217. The molecule has 1 aliphatic heterocycles. The fourth-order valence-electron chi connectivity index (χ4n) is 3.37. The van der Waals surface area contributed by atoms with E-state index in [2.05, 4.69) is 23.1 Å². The normalized spacial score (nSPS) is 12.9. The van der Waals surface area contributed by atoms with Crippen LogP contribution in [-0.4, -0.2) is 13.8 Å². The number of anilines is 1. The highest BCUT2D eigenvalue weighted by Gasteiger charge is 2.17. The van der Waals surface area contributed by atoms with Crippen LogP contribution in [0.2, 0.25) is 0 Å². The maximum atomic E-state index is 6.13. The first kappa shape index (κ1) is 17.3. The van der Waals surface area contributed by atoms with Crippen LogP contribution in [0.15, 0.2) is 60.7 Å². The largest absolute Gasteiger partial charge is 0.497 e. The van der Waals surface area contributed by atoms with Crippen LogP contribution in [0.1, 0.15) is 16.7 Å². The van der Waals surface area contributed by atoms with Gasteiger partial charge in [-0.3, -0.25) is 0 Å². The molecule has 0 aliphatic carbocycles. The predicted octanol–water partition coefficient (Wildman–Crippen LogP) is 5.46. The van der Waals surface area contributed by atoms with Crippen molar-refractivity contribution in [3.63, 3.8) is 0 Å². The summed E-state index contributed by atoms with van der Waals surface area (Å²) in [5, 5.41) is 0. The van der Waals surface area contributed by atoms with Gasteiger partial charge in [0.2, 0.25) is 0 Å². The Morgan fingerprint density at radius 3 is 2.30 bits per heavy atom. The quantitative estimate of drug-likeness (QED) is 0.617. The average molecular weight is 361 g/mol. The van der Waals surface area contributed by atoms with Crippen LogP contribution in [0.25, 0.3) is 0 Å². The van der Waals surface area contributed by atoms with Crippen molar-refractivity contribution in [3.8, 4) is 23.0 Å². The zero-order valence-corrected chi connectivity index (χ0v) is 15.9. The zero-order valence-electron chi connectivity index (χ0n) is 15.9. The van der Waals surface area contributed by atoms with Crippen LogP contribution in [0.4, 0.5) is 5.69 Å². The molecule has 3 aromatic carbocycles. The van der Waals surface area contributed by atoms with E-state index in [4.69, 9.17) is 14.2 Å². The Morgan fingerprint density at radius 2 is 1.59 bits per heavy atom. The Bertz CT molecular complexity index is 927. The molecular formula is C23H23NO3. The van der Waals surface area contributed by atoms with Crippen molar-refractivity contribution < 1.29 is 14.2 Å². The molecule has 138 valence electrons. The Hall–Kier alpha value is -3.14. The summed E-state index contributed by atoms with van der Waals surface area (Å²) >= 11 is 0. The average Bonchev–Trinajstić information content (AvgIpc) is 2.70. The summed E-state index contributed by atoms with van der Waals surface area (Å²) in [7, 11) is 1.68. The van der Waals surface area contributed by atoms with Crippen LogP contribution in [0.5, 0.6) is 23.0 Å². The molecule has 0 saturated carbocycles. The molecule has 4 rings (SSSR count). The molecule has 0 aromatic heterocycles. The van der Waals surface area contributed by atoms with E-state index in [0.717, 1.165) is 46.4 Å². The Kier molecular flexibility index (Phi) is 4.63. The number of methoxy groups -OCH3 is 1. The first-order chi connectivity index (χ1) is 13.1. The van der Waals surface area contributed by atoms with Crippen molar-refractivity contribution >= 4 is 5.69 Å². The highest BCUT2D eigenvalue weighted by atomic mass is 16.5. The van der Waals surface area contributed by atoms with Gasteiger partial charge in [-0.25, -0.2) is 0 Å². The van der Waals surface area contributed by atoms with Crippen molar-refractivity contribution in [2.24, 2.45) is 0 Å². The Balaban J connectivity index is 1.50. The molecular weight excluding hydrogens is 338 g/mol. The van der Waals surface area contributed by atoms with E-state index in [9.17, 15) is 0 Å². The molecule has 0 atom stereocenters. The number of benzene rings is 3. The van der Waals surface area contributed by atoms with Gasteiger partial charge in [0.15, 0.2) is 6.73 Å². The van der Waals surface area contributed by atoms with Gasteiger partial charge >= 0.3 is 0 Å². The van der Waals surface area contributed by atoms with E-state index in [1.165, 1.54) is 5.56 Å². The van der Waals surface area contributed by atoms with Gasteiger partial charge in [0.25, 0.3) is 0 Å². The van der Waals surface area contributed by atoms with Gasteiger partial charge in [-0.2, -0.15) is 0 Å². The molecule has 0 radical (unpaired) electrons. The number of fused-ring (bicyclic) bond motifs is 1. The monoisotopic (exact) mass is 361 g/mol. The van der Waals surface area contributed by atoms with Crippen molar-refractivity contribution in [1.29, 1.82) is 0 Å². The SMILES string of the molecule is COc1cc(C)c(Oc2ccc(N3COc4ccccc4C3)cc2)c(C)c1. The third-order valence-electron chi connectivity index (χ3n) is 4.80. The van der Waals surface area contributed by atoms with Crippen molar-refractivity contribution in [3.05, 3.63) is 77.4 Å². The van der Waals surface area contributed by atoms with Crippen LogP contribution < -0.4 is 19.1 Å². The minimum absolute atomic E-state index is 0.550. The summed E-state index contributed by atoms with van der Waals surface area (Å²) in [5.74, 6) is 3.50. The second-order valence-corrected chi connectivity index (χ2v) is 6.77. The minimum atomic E-state index is 0.550. The Labute approximate surface area is 159 Å². The lowest BCUT2D eigenvalue weighted by molar-refractivity contribution is 0.289. The van der Waals surface area contributed by atoms with Crippen molar-refractivity contribution in [2.75, 3.05) is 18.7 Å². The lowest BCUT2D eigenvalue weighted by atomic mass is 10.1. The molecule has 3 aromatic rings. The van der Waals surface area contributed by atoms with Crippen LogP contribution in [0, 0.1) is 13.8 Å². The lowest BCUT2D eigenvalue weighted by Gasteiger charge is -2.30. The molecule has 4 nitrogen and oxygen atoms in total. The van der Waals surface area contributed by atoms with Crippen molar-refractivity contribution in [2.45, 2.75) is 20.4 Å². The van der Waals surface area contributed by atoms with E-state index in [0.29, 0.717) is 6.73 Å². The van der Waals surface area contributed by atoms with E-state index < -0.39 is 0 Å². The number of nitrogens with zero attached hydrogens (tertiary/aromatic N) is 1. The second-order valence-electron chi connectivity index (χ2n) is 6.77.